The van der Waals surface area contributed by atoms with Gasteiger partial charge in [0, 0.05) is 5.38 Å². The van der Waals surface area contributed by atoms with Crippen LogP contribution < -0.4 is 0 Å². The van der Waals surface area contributed by atoms with E-state index in [1.165, 1.54) is 11.3 Å². The van der Waals surface area contributed by atoms with E-state index in [0.29, 0.717) is 9.65 Å². The van der Waals surface area contributed by atoms with Crippen LogP contribution in [0.5, 0.6) is 0 Å². The maximum atomic E-state index is 8.52. The molecule has 0 saturated carbocycles. The van der Waals surface area contributed by atoms with E-state index in [4.69, 9.17) is 22.4 Å². The molecule has 0 aliphatic rings. The summed E-state index contributed by atoms with van der Waals surface area (Å²) in [5, 5.41) is 18.6. The summed E-state index contributed by atoms with van der Waals surface area (Å²) in [5.74, 6) is 0. The van der Waals surface area contributed by atoms with Crippen LogP contribution in [0.25, 0.3) is 0 Å². The molecule has 0 fully saturated rings. The SMILES string of the molecule is OC(O)c1csc(=S)[nH]1. The average Bonchev–Trinajstić information content (AvgIpc) is 2.14. The van der Waals surface area contributed by atoms with E-state index in [-0.39, 0.29) is 0 Å². The van der Waals surface area contributed by atoms with Crippen LogP contribution in [-0.2, 0) is 0 Å². The third kappa shape index (κ3) is 1.59. The van der Waals surface area contributed by atoms with Crippen molar-refractivity contribution in [1.82, 2.24) is 4.98 Å². The lowest BCUT2D eigenvalue weighted by atomic mass is 10.5. The smallest absolute Gasteiger partial charge is 0.194 e. The molecule has 0 bridgehead atoms. The van der Waals surface area contributed by atoms with E-state index >= 15 is 0 Å². The predicted octanol–water partition coefficient (Wildman–Crippen LogP) is 0.789. The molecule has 0 spiro atoms. The summed E-state index contributed by atoms with van der Waals surface area (Å²) >= 11 is 5.96. The van der Waals surface area contributed by atoms with E-state index < -0.39 is 6.29 Å². The van der Waals surface area contributed by atoms with Gasteiger partial charge in [0.25, 0.3) is 0 Å². The fourth-order valence-electron chi connectivity index (χ4n) is 0.419. The molecule has 5 heteroatoms. The summed E-state index contributed by atoms with van der Waals surface area (Å²) in [5.41, 5.74) is 0.352. The van der Waals surface area contributed by atoms with Crippen molar-refractivity contribution in [2.75, 3.05) is 0 Å². The van der Waals surface area contributed by atoms with Gasteiger partial charge in [-0.1, -0.05) is 0 Å². The van der Waals surface area contributed by atoms with Crippen LogP contribution >= 0.6 is 23.6 Å². The first-order valence-corrected chi connectivity index (χ1v) is 3.53. The van der Waals surface area contributed by atoms with E-state index in [1.807, 2.05) is 0 Å². The lowest BCUT2D eigenvalue weighted by Crippen LogP contribution is -1.93. The Morgan fingerprint density at radius 3 is 2.56 bits per heavy atom. The quantitative estimate of drug-likeness (QED) is 0.424. The van der Waals surface area contributed by atoms with Crippen LogP contribution in [0, 0.1) is 3.95 Å². The third-order valence-electron chi connectivity index (χ3n) is 0.818. The molecule has 0 saturated heterocycles. The van der Waals surface area contributed by atoms with Crippen LogP contribution in [0.3, 0.4) is 0 Å². The van der Waals surface area contributed by atoms with Crippen molar-refractivity contribution in [1.29, 1.82) is 0 Å². The predicted molar refractivity (Wildman–Crippen MR) is 36.7 cm³/mol. The molecular weight excluding hydrogens is 158 g/mol. The molecule has 50 valence electrons. The zero-order valence-corrected chi connectivity index (χ0v) is 6.00. The zero-order valence-electron chi connectivity index (χ0n) is 4.37. The van der Waals surface area contributed by atoms with E-state index in [2.05, 4.69) is 4.98 Å². The number of aliphatic hydroxyl groups excluding tert-OH is 1. The average molecular weight is 163 g/mol. The van der Waals surface area contributed by atoms with Gasteiger partial charge in [0.1, 0.15) is 0 Å². The number of aliphatic hydroxyl groups is 2. The molecule has 0 unspecified atom stereocenters. The molecule has 9 heavy (non-hydrogen) atoms. The number of hydrogen-bond donors (Lipinski definition) is 3. The topological polar surface area (TPSA) is 56.2 Å². The fraction of sp³-hybridized carbons (Fsp3) is 0.250. The van der Waals surface area contributed by atoms with Crippen molar-refractivity contribution >= 4 is 23.6 Å². The minimum absolute atomic E-state index is 0.352. The highest BCUT2D eigenvalue weighted by molar-refractivity contribution is 7.73. The number of aromatic amines is 1. The van der Waals surface area contributed by atoms with E-state index in [0.717, 1.165) is 0 Å². The molecule has 3 N–H and O–H groups in total. The van der Waals surface area contributed by atoms with Gasteiger partial charge in [-0.05, 0) is 12.2 Å². The summed E-state index contributed by atoms with van der Waals surface area (Å²) in [7, 11) is 0. The molecule has 1 heterocycles. The largest absolute Gasteiger partial charge is 0.363 e. The Labute approximate surface area is 60.6 Å². The molecular formula is C4H5NO2S2. The van der Waals surface area contributed by atoms with Crippen LogP contribution in [0.4, 0.5) is 0 Å². The van der Waals surface area contributed by atoms with Crippen molar-refractivity contribution in [3.8, 4) is 0 Å². The van der Waals surface area contributed by atoms with Crippen molar-refractivity contribution < 1.29 is 10.2 Å². The molecule has 1 rings (SSSR count). The van der Waals surface area contributed by atoms with Crippen LogP contribution in [0.1, 0.15) is 12.0 Å². The monoisotopic (exact) mass is 163 g/mol. The Morgan fingerprint density at radius 2 is 2.33 bits per heavy atom. The Morgan fingerprint density at radius 1 is 1.67 bits per heavy atom. The van der Waals surface area contributed by atoms with Gasteiger partial charge in [0.05, 0.1) is 5.69 Å². The molecule has 3 nitrogen and oxygen atoms in total. The number of hydrogen-bond acceptors (Lipinski definition) is 4. The van der Waals surface area contributed by atoms with Gasteiger partial charge < -0.3 is 15.2 Å². The zero-order chi connectivity index (χ0) is 6.85. The van der Waals surface area contributed by atoms with Gasteiger partial charge in [-0.3, -0.25) is 0 Å². The van der Waals surface area contributed by atoms with Crippen molar-refractivity contribution in [2.24, 2.45) is 0 Å². The van der Waals surface area contributed by atoms with Gasteiger partial charge in [-0.2, -0.15) is 0 Å². The maximum absolute atomic E-state index is 8.52. The summed E-state index contributed by atoms with van der Waals surface area (Å²) in [6.07, 6.45) is -1.43. The first-order chi connectivity index (χ1) is 4.20. The maximum Gasteiger partial charge on any atom is 0.194 e. The van der Waals surface area contributed by atoms with Crippen LogP contribution in [0.2, 0.25) is 0 Å². The second-order valence-corrected chi connectivity index (χ2v) is 3.02. The Kier molecular flexibility index (Phi) is 1.97. The molecule has 0 aliphatic heterocycles. The van der Waals surface area contributed by atoms with Crippen LogP contribution in [-0.4, -0.2) is 15.2 Å². The molecule has 0 aliphatic carbocycles. The van der Waals surface area contributed by atoms with Gasteiger partial charge in [0.15, 0.2) is 10.2 Å². The highest BCUT2D eigenvalue weighted by atomic mass is 32.1. The number of aromatic nitrogens is 1. The van der Waals surface area contributed by atoms with Crippen molar-refractivity contribution in [2.45, 2.75) is 6.29 Å². The summed E-state index contributed by atoms with van der Waals surface area (Å²) < 4.78 is 0.554. The normalized spacial score (nSPS) is 10.6. The van der Waals surface area contributed by atoms with Gasteiger partial charge in [0.2, 0.25) is 0 Å². The van der Waals surface area contributed by atoms with E-state index in [1.54, 1.807) is 5.38 Å². The van der Waals surface area contributed by atoms with Gasteiger partial charge in [-0.15, -0.1) is 11.3 Å². The Bertz CT molecular complexity index is 239. The molecule has 0 atom stereocenters. The number of nitrogens with one attached hydrogen (secondary N) is 1. The summed E-state index contributed by atoms with van der Waals surface area (Å²) in [6, 6.07) is 0. The summed E-state index contributed by atoms with van der Waals surface area (Å²) in [6.45, 7) is 0. The van der Waals surface area contributed by atoms with Gasteiger partial charge >= 0.3 is 0 Å². The minimum atomic E-state index is -1.43. The molecule has 0 aromatic carbocycles. The van der Waals surface area contributed by atoms with Gasteiger partial charge in [-0.25, -0.2) is 0 Å². The van der Waals surface area contributed by atoms with E-state index in [9.17, 15) is 0 Å². The highest BCUT2D eigenvalue weighted by Gasteiger charge is 2.01. The molecule has 0 radical (unpaired) electrons. The summed E-state index contributed by atoms with van der Waals surface area (Å²) in [4.78, 5) is 2.61. The fourth-order valence-corrected chi connectivity index (χ4v) is 1.27. The highest BCUT2D eigenvalue weighted by Crippen LogP contribution is 2.10. The molecule has 1 aromatic heterocycles. The minimum Gasteiger partial charge on any atom is -0.363 e. The Hall–Kier alpha value is -0.230. The van der Waals surface area contributed by atoms with Crippen molar-refractivity contribution in [3.63, 3.8) is 0 Å². The molecule has 1 aromatic rings. The lowest BCUT2D eigenvalue weighted by Gasteiger charge is -1.94. The third-order valence-corrected chi connectivity index (χ3v) is 1.90. The first-order valence-electron chi connectivity index (χ1n) is 2.24. The van der Waals surface area contributed by atoms with Crippen LogP contribution in [0.15, 0.2) is 5.38 Å². The second-order valence-electron chi connectivity index (χ2n) is 1.48. The Balaban J connectivity index is 2.98. The second kappa shape index (κ2) is 2.57. The standard InChI is InChI=1S/C4H5NO2S2/c6-3(7)2-1-9-4(8)5-2/h1,3,6-7H,(H,5,8). The lowest BCUT2D eigenvalue weighted by molar-refractivity contribution is -0.0454. The number of rotatable bonds is 1. The van der Waals surface area contributed by atoms with Crippen molar-refractivity contribution in [3.05, 3.63) is 15.0 Å². The number of thiazole rings is 1. The molecule has 0 amide bonds. The first kappa shape index (κ1) is 6.88. The number of H-pyrrole nitrogens is 1.